The number of amides is 1. The summed E-state index contributed by atoms with van der Waals surface area (Å²) in [6.07, 6.45) is 1.49. The van der Waals surface area contributed by atoms with Crippen molar-refractivity contribution < 1.29 is 14.7 Å². The van der Waals surface area contributed by atoms with Crippen molar-refractivity contribution in [1.29, 1.82) is 0 Å². The molecule has 21 heavy (non-hydrogen) atoms. The van der Waals surface area contributed by atoms with Gasteiger partial charge >= 0.3 is 0 Å². The Bertz CT molecular complexity index is 674. The van der Waals surface area contributed by atoms with Crippen molar-refractivity contribution in [3.05, 3.63) is 65.2 Å². The second kappa shape index (κ2) is 6.47. The molecule has 0 spiro atoms. The molecule has 0 saturated carbocycles. The largest absolute Gasteiger partial charge is 0.508 e. The van der Waals surface area contributed by atoms with E-state index in [0.29, 0.717) is 11.1 Å². The van der Waals surface area contributed by atoms with Crippen LogP contribution in [0.1, 0.15) is 33.2 Å². The minimum atomic E-state index is -0.369. The number of hydrogen-bond acceptors (Lipinski definition) is 4. The van der Waals surface area contributed by atoms with Crippen LogP contribution in [0.15, 0.2) is 53.6 Å². The number of rotatable bonds is 4. The second-order valence-corrected chi connectivity index (χ2v) is 4.42. The summed E-state index contributed by atoms with van der Waals surface area (Å²) in [5.41, 5.74) is 4.18. The lowest BCUT2D eigenvalue weighted by molar-refractivity contribution is 0.0954. The van der Waals surface area contributed by atoms with E-state index < -0.39 is 0 Å². The standard InChI is InChI=1S/C16H14N2O3/c1-11(19)13-4-2-12(3-5-13)10-17-18-16(21)14-6-8-15(20)9-7-14/h2-10,20H,1H3,(H,18,21)/b17-10+. The first-order valence-corrected chi connectivity index (χ1v) is 6.30. The van der Waals surface area contributed by atoms with Gasteiger partial charge in [0.1, 0.15) is 5.75 Å². The van der Waals surface area contributed by atoms with Gasteiger partial charge < -0.3 is 5.11 Å². The molecule has 0 fully saturated rings. The molecule has 0 saturated heterocycles. The molecule has 0 atom stereocenters. The number of hydrazone groups is 1. The van der Waals surface area contributed by atoms with Crippen molar-refractivity contribution in [2.24, 2.45) is 5.10 Å². The molecular weight excluding hydrogens is 268 g/mol. The zero-order chi connectivity index (χ0) is 15.2. The number of aromatic hydroxyl groups is 1. The van der Waals surface area contributed by atoms with E-state index in [2.05, 4.69) is 10.5 Å². The number of benzene rings is 2. The molecule has 0 unspecified atom stereocenters. The Morgan fingerprint density at radius 1 is 1.00 bits per heavy atom. The van der Waals surface area contributed by atoms with E-state index >= 15 is 0 Å². The monoisotopic (exact) mass is 282 g/mol. The molecule has 106 valence electrons. The highest BCUT2D eigenvalue weighted by molar-refractivity contribution is 5.96. The van der Waals surface area contributed by atoms with Gasteiger partial charge in [-0.3, -0.25) is 9.59 Å². The summed E-state index contributed by atoms with van der Waals surface area (Å²) in [6.45, 7) is 1.50. The molecule has 2 aromatic rings. The number of nitrogens with zero attached hydrogens (tertiary/aromatic N) is 1. The highest BCUT2D eigenvalue weighted by Crippen LogP contribution is 2.09. The van der Waals surface area contributed by atoms with Crippen molar-refractivity contribution in [3.63, 3.8) is 0 Å². The first kappa shape index (κ1) is 14.5. The maximum Gasteiger partial charge on any atom is 0.271 e. The molecule has 0 aliphatic rings. The quantitative estimate of drug-likeness (QED) is 0.513. The van der Waals surface area contributed by atoms with Gasteiger partial charge in [-0.15, -0.1) is 0 Å². The third-order valence-electron chi connectivity index (χ3n) is 2.83. The Balaban J connectivity index is 1.97. The lowest BCUT2D eigenvalue weighted by Gasteiger charge is -2.00. The van der Waals surface area contributed by atoms with Crippen molar-refractivity contribution in [3.8, 4) is 5.75 Å². The third kappa shape index (κ3) is 4.01. The summed E-state index contributed by atoms with van der Waals surface area (Å²) in [6, 6.07) is 12.7. The average molecular weight is 282 g/mol. The summed E-state index contributed by atoms with van der Waals surface area (Å²) in [5, 5.41) is 13.0. The normalized spacial score (nSPS) is 10.5. The van der Waals surface area contributed by atoms with Gasteiger partial charge in [-0.05, 0) is 36.8 Å². The van der Waals surface area contributed by atoms with E-state index in [-0.39, 0.29) is 17.4 Å². The van der Waals surface area contributed by atoms with Gasteiger partial charge in [0.2, 0.25) is 0 Å². The number of nitrogens with one attached hydrogen (secondary N) is 1. The maximum atomic E-state index is 11.7. The van der Waals surface area contributed by atoms with E-state index in [1.807, 2.05) is 0 Å². The summed E-state index contributed by atoms with van der Waals surface area (Å²) >= 11 is 0. The van der Waals surface area contributed by atoms with Crippen molar-refractivity contribution in [2.75, 3.05) is 0 Å². The van der Waals surface area contributed by atoms with Crippen LogP contribution in [0.5, 0.6) is 5.75 Å². The Kier molecular flexibility index (Phi) is 4.46. The molecule has 0 heterocycles. The smallest absolute Gasteiger partial charge is 0.271 e. The number of ketones is 1. The van der Waals surface area contributed by atoms with Crippen LogP contribution in [-0.4, -0.2) is 23.0 Å². The number of Topliss-reactive ketones (excluding diaryl/α,β-unsaturated/α-hetero) is 1. The second-order valence-electron chi connectivity index (χ2n) is 4.42. The fourth-order valence-corrected chi connectivity index (χ4v) is 1.65. The van der Waals surface area contributed by atoms with E-state index in [4.69, 9.17) is 5.11 Å². The number of carbonyl (C=O) groups excluding carboxylic acids is 2. The lowest BCUT2D eigenvalue weighted by Crippen LogP contribution is -2.17. The summed E-state index contributed by atoms with van der Waals surface area (Å²) < 4.78 is 0. The van der Waals surface area contributed by atoms with E-state index in [1.165, 1.54) is 37.4 Å². The van der Waals surface area contributed by atoms with Crippen LogP contribution >= 0.6 is 0 Å². The molecule has 1 amide bonds. The zero-order valence-electron chi connectivity index (χ0n) is 11.4. The zero-order valence-corrected chi connectivity index (χ0v) is 11.4. The van der Waals surface area contributed by atoms with Crippen molar-refractivity contribution in [1.82, 2.24) is 5.43 Å². The molecule has 5 heteroatoms. The van der Waals surface area contributed by atoms with Crippen LogP contribution in [0.4, 0.5) is 0 Å². The van der Waals surface area contributed by atoms with Crippen LogP contribution in [0.25, 0.3) is 0 Å². The lowest BCUT2D eigenvalue weighted by atomic mass is 10.1. The van der Waals surface area contributed by atoms with Gasteiger partial charge in [-0.1, -0.05) is 24.3 Å². The molecule has 0 aliphatic heterocycles. The minimum Gasteiger partial charge on any atom is -0.508 e. The van der Waals surface area contributed by atoms with Crippen molar-refractivity contribution >= 4 is 17.9 Å². The molecule has 0 aromatic heterocycles. The molecule has 2 rings (SSSR count). The molecule has 0 radical (unpaired) electrons. The maximum absolute atomic E-state index is 11.7. The van der Waals surface area contributed by atoms with Crippen molar-refractivity contribution in [2.45, 2.75) is 6.92 Å². The molecule has 2 aromatic carbocycles. The molecule has 2 N–H and O–H groups in total. The van der Waals surface area contributed by atoms with Gasteiger partial charge in [-0.25, -0.2) is 5.43 Å². The van der Waals surface area contributed by atoms with Gasteiger partial charge in [0.05, 0.1) is 6.21 Å². The Morgan fingerprint density at radius 2 is 1.57 bits per heavy atom. The van der Waals surface area contributed by atoms with Gasteiger partial charge in [0.15, 0.2) is 5.78 Å². The Hall–Kier alpha value is -2.95. The summed E-state index contributed by atoms with van der Waals surface area (Å²) in [4.78, 5) is 22.9. The topological polar surface area (TPSA) is 78.8 Å². The number of phenolic OH excluding ortho intramolecular Hbond substituents is 1. The third-order valence-corrected chi connectivity index (χ3v) is 2.83. The first-order chi connectivity index (χ1) is 10.1. The van der Waals surface area contributed by atoms with E-state index in [9.17, 15) is 9.59 Å². The summed E-state index contributed by atoms with van der Waals surface area (Å²) in [5.74, 6) is -0.272. The average Bonchev–Trinajstić information content (AvgIpc) is 2.48. The van der Waals surface area contributed by atoms with Crippen LogP contribution in [0.2, 0.25) is 0 Å². The van der Waals surface area contributed by atoms with Crippen LogP contribution in [0, 0.1) is 0 Å². The minimum absolute atomic E-state index is 0.000813. The fraction of sp³-hybridized carbons (Fsp3) is 0.0625. The van der Waals surface area contributed by atoms with Crippen LogP contribution < -0.4 is 5.43 Å². The SMILES string of the molecule is CC(=O)c1ccc(/C=N/NC(=O)c2ccc(O)cc2)cc1. The molecule has 0 bridgehead atoms. The Morgan fingerprint density at radius 3 is 2.14 bits per heavy atom. The molecular formula is C16H14N2O3. The van der Waals surface area contributed by atoms with Crippen LogP contribution in [-0.2, 0) is 0 Å². The predicted octanol–water partition coefficient (Wildman–Crippen LogP) is 2.36. The van der Waals surface area contributed by atoms with Crippen LogP contribution in [0.3, 0.4) is 0 Å². The van der Waals surface area contributed by atoms with Gasteiger partial charge in [0.25, 0.3) is 5.91 Å². The highest BCUT2D eigenvalue weighted by Gasteiger charge is 2.03. The fourth-order valence-electron chi connectivity index (χ4n) is 1.65. The molecule has 0 aliphatic carbocycles. The van der Waals surface area contributed by atoms with E-state index in [0.717, 1.165) is 5.56 Å². The predicted molar refractivity (Wildman–Crippen MR) is 79.6 cm³/mol. The first-order valence-electron chi connectivity index (χ1n) is 6.30. The van der Waals surface area contributed by atoms with Gasteiger partial charge in [0, 0.05) is 11.1 Å². The summed E-state index contributed by atoms with van der Waals surface area (Å²) in [7, 11) is 0. The molecule has 5 nitrogen and oxygen atoms in total. The highest BCUT2D eigenvalue weighted by atomic mass is 16.3. The number of hydrogen-bond donors (Lipinski definition) is 2. The van der Waals surface area contributed by atoms with Gasteiger partial charge in [-0.2, -0.15) is 5.10 Å². The number of carbonyl (C=O) groups is 2. The number of phenols is 1. The van der Waals surface area contributed by atoms with E-state index in [1.54, 1.807) is 24.3 Å². The Labute approximate surface area is 121 Å².